The Hall–Kier alpha value is -2.75. The van der Waals surface area contributed by atoms with Gasteiger partial charge in [0.1, 0.15) is 6.04 Å². The van der Waals surface area contributed by atoms with E-state index in [0.29, 0.717) is 5.69 Å². The highest BCUT2D eigenvalue weighted by molar-refractivity contribution is 7.13. The molecule has 9 nitrogen and oxygen atoms in total. The average Bonchev–Trinajstić information content (AvgIpc) is 3.08. The molecular formula is C11H10N4O5S. The van der Waals surface area contributed by atoms with Gasteiger partial charge in [-0.3, -0.25) is 14.9 Å². The molecule has 0 bridgehead atoms. The molecule has 0 saturated carbocycles. The second kappa shape index (κ2) is 6.13. The maximum atomic E-state index is 11.9. The minimum absolute atomic E-state index is 0.0350. The van der Waals surface area contributed by atoms with Gasteiger partial charge in [0.15, 0.2) is 0 Å². The SMILES string of the molecule is O=C(N[C@H](Cc1cnc[nH]1)C(=O)O)c1csc([N+](=O)[O-])c1. The fourth-order valence-electron chi connectivity index (χ4n) is 1.60. The first-order chi connectivity index (χ1) is 9.97. The van der Waals surface area contributed by atoms with Crippen LogP contribution >= 0.6 is 11.3 Å². The lowest BCUT2D eigenvalue weighted by molar-refractivity contribution is -0.380. The van der Waals surface area contributed by atoms with Crippen LogP contribution < -0.4 is 5.32 Å². The molecular weight excluding hydrogens is 300 g/mol. The molecule has 0 aliphatic rings. The van der Waals surface area contributed by atoms with E-state index in [1.54, 1.807) is 0 Å². The van der Waals surface area contributed by atoms with E-state index in [2.05, 4.69) is 15.3 Å². The molecule has 0 saturated heterocycles. The van der Waals surface area contributed by atoms with Gasteiger partial charge in [-0.25, -0.2) is 9.78 Å². The third-order valence-corrected chi connectivity index (χ3v) is 3.49. The number of nitro groups is 1. The van der Waals surface area contributed by atoms with Crippen LogP contribution in [-0.4, -0.2) is 37.9 Å². The Morgan fingerprint density at radius 1 is 1.57 bits per heavy atom. The van der Waals surface area contributed by atoms with Crippen LogP contribution in [0.1, 0.15) is 16.1 Å². The highest BCUT2D eigenvalue weighted by atomic mass is 32.1. The maximum absolute atomic E-state index is 11.9. The Morgan fingerprint density at radius 2 is 2.33 bits per heavy atom. The molecule has 0 spiro atoms. The number of rotatable bonds is 6. The first-order valence-electron chi connectivity index (χ1n) is 5.71. The molecule has 1 atom stereocenters. The van der Waals surface area contributed by atoms with Crippen molar-refractivity contribution in [3.8, 4) is 0 Å². The predicted octanol–water partition coefficient (Wildman–Crippen LogP) is 0.805. The first kappa shape index (κ1) is 14.7. The lowest BCUT2D eigenvalue weighted by atomic mass is 10.1. The number of nitrogens with zero attached hydrogens (tertiary/aromatic N) is 2. The Balaban J connectivity index is 2.07. The summed E-state index contributed by atoms with van der Waals surface area (Å²) >= 11 is 0.803. The second-order valence-corrected chi connectivity index (χ2v) is 4.97. The second-order valence-electron chi connectivity index (χ2n) is 4.08. The van der Waals surface area contributed by atoms with E-state index < -0.39 is 22.8 Å². The minimum atomic E-state index is -1.21. The molecule has 0 fully saturated rings. The van der Waals surface area contributed by atoms with Crippen molar-refractivity contribution in [1.82, 2.24) is 15.3 Å². The predicted molar refractivity (Wildman–Crippen MR) is 72.2 cm³/mol. The van der Waals surface area contributed by atoms with Gasteiger partial charge in [-0.05, 0) is 0 Å². The third kappa shape index (κ3) is 3.63. The van der Waals surface area contributed by atoms with Gasteiger partial charge in [0, 0.05) is 29.8 Å². The number of H-pyrrole nitrogens is 1. The van der Waals surface area contributed by atoms with Crippen LogP contribution in [0.15, 0.2) is 24.0 Å². The number of carbonyl (C=O) groups excluding carboxylic acids is 1. The molecule has 10 heteroatoms. The van der Waals surface area contributed by atoms with Crippen molar-refractivity contribution in [2.45, 2.75) is 12.5 Å². The largest absolute Gasteiger partial charge is 0.480 e. The number of amides is 1. The number of thiophene rings is 1. The van der Waals surface area contributed by atoms with Crippen LogP contribution in [0.4, 0.5) is 5.00 Å². The number of hydrogen-bond donors (Lipinski definition) is 3. The fourth-order valence-corrected chi connectivity index (χ4v) is 2.30. The van der Waals surface area contributed by atoms with Crippen molar-refractivity contribution in [2.24, 2.45) is 0 Å². The van der Waals surface area contributed by atoms with Crippen LogP contribution in [0.25, 0.3) is 0 Å². The third-order valence-electron chi connectivity index (χ3n) is 2.61. The van der Waals surface area contributed by atoms with Gasteiger partial charge in [0.2, 0.25) is 0 Å². The molecule has 2 aromatic rings. The molecule has 0 aromatic carbocycles. The lowest BCUT2D eigenvalue weighted by Gasteiger charge is -2.12. The summed E-state index contributed by atoms with van der Waals surface area (Å²) < 4.78 is 0. The van der Waals surface area contributed by atoms with Crippen molar-refractivity contribution in [3.63, 3.8) is 0 Å². The Bertz CT molecular complexity index is 666. The Labute approximate surface area is 121 Å². The van der Waals surface area contributed by atoms with Crippen molar-refractivity contribution in [2.75, 3.05) is 0 Å². The van der Waals surface area contributed by atoms with Crippen LogP contribution in [0.5, 0.6) is 0 Å². The highest BCUT2D eigenvalue weighted by Crippen LogP contribution is 2.22. The van der Waals surface area contributed by atoms with Crippen molar-refractivity contribution < 1.29 is 19.6 Å². The smallest absolute Gasteiger partial charge is 0.326 e. The lowest BCUT2D eigenvalue weighted by Crippen LogP contribution is -2.42. The van der Waals surface area contributed by atoms with Crippen LogP contribution in [0.2, 0.25) is 0 Å². The van der Waals surface area contributed by atoms with Crippen LogP contribution in [0, 0.1) is 10.1 Å². The van der Waals surface area contributed by atoms with Gasteiger partial charge >= 0.3 is 11.0 Å². The Kier molecular flexibility index (Phi) is 4.28. The van der Waals surface area contributed by atoms with Crippen molar-refractivity contribution in [3.05, 3.63) is 45.3 Å². The first-order valence-corrected chi connectivity index (χ1v) is 6.59. The quantitative estimate of drug-likeness (QED) is 0.533. The van der Waals surface area contributed by atoms with Crippen LogP contribution in [-0.2, 0) is 11.2 Å². The molecule has 0 radical (unpaired) electrons. The van der Waals surface area contributed by atoms with Gasteiger partial charge in [0.05, 0.1) is 16.8 Å². The Morgan fingerprint density at radius 3 is 2.86 bits per heavy atom. The summed E-state index contributed by atoms with van der Waals surface area (Å²) in [7, 11) is 0. The summed E-state index contributed by atoms with van der Waals surface area (Å²) in [4.78, 5) is 39.5. The maximum Gasteiger partial charge on any atom is 0.326 e. The highest BCUT2D eigenvalue weighted by Gasteiger charge is 2.23. The minimum Gasteiger partial charge on any atom is -0.480 e. The van der Waals surface area contributed by atoms with E-state index in [0.717, 1.165) is 17.4 Å². The van der Waals surface area contributed by atoms with E-state index in [4.69, 9.17) is 5.11 Å². The number of aliphatic carboxylic acids is 1. The number of aromatic nitrogens is 2. The molecule has 110 valence electrons. The zero-order valence-corrected chi connectivity index (χ0v) is 11.3. The van der Waals surface area contributed by atoms with Gasteiger partial charge in [-0.2, -0.15) is 0 Å². The summed E-state index contributed by atoms with van der Waals surface area (Å²) in [6.45, 7) is 0. The number of hydrogen-bond acceptors (Lipinski definition) is 6. The average molecular weight is 310 g/mol. The van der Waals surface area contributed by atoms with E-state index >= 15 is 0 Å². The number of carbonyl (C=O) groups is 2. The number of carboxylic acid groups (broad SMARTS) is 1. The van der Waals surface area contributed by atoms with E-state index in [1.807, 2.05) is 0 Å². The molecule has 0 aliphatic carbocycles. The summed E-state index contributed by atoms with van der Waals surface area (Å²) in [5, 5.41) is 23.1. The monoisotopic (exact) mass is 310 g/mol. The molecule has 0 unspecified atom stereocenters. The summed E-state index contributed by atoms with van der Waals surface area (Å²) in [5.41, 5.74) is 0.613. The number of imidazole rings is 1. The van der Waals surface area contributed by atoms with E-state index in [9.17, 15) is 19.7 Å². The summed E-state index contributed by atoms with van der Waals surface area (Å²) in [5.74, 6) is -1.88. The normalized spacial score (nSPS) is 11.8. The zero-order valence-electron chi connectivity index (χ0n) is 10.5. The summed E-state index contributed by atoms with van der Waals surface area (Å²) in [6.07, 6.45) is 2.89. The van der Waals surface area contributed by atoms with Gasteiger partial charge in [-0.15, -0.1) is 0 Å². The molecule has 3 N–H and O–H groups in total. The molecule has 2 aromatic heterocycles. The number of nitrogens with one attached hydrogen (secondary N) is 2. The molecule has 1 amide bonds. The van der Waals surface area contributed by atoms with Crippen molar-refractivity contribution >= 4 is 28.2 Å². The molecule has 2 rings (SSSR count). The van der Waals surface area contributed by atoms with Gasteiger partial charge < -0.3 is 15.4 Å². The standard InChI is InChI=1S/C11H10N4O5S/c16-10(6-1-9(15(19)20)21-4-6)14-8(11(17)18)2-7-3-12-5-13-7/h1,3-5,8H,2H2,(H,12,13)(H,14,16)(H,17,18)/t8-/m1/s1. The fraction of sp³-hybridized carbons (Fsp3) is 0.182. The topological polar surface area (TPSA) is 138 Å². The van der Waals surface area contributed by atoms with Gasteiger partial charge in [0.25, 0.3) is 5.91 Å². The van der Waals surface area contributed by atoms with E-state index in [1.165, 1.54) is 17.9 Å². The van der Waals surface area contributed by atoms with Gasteiger partial charge in [-0.1, -0.05) is 11.3 Å². The number of aromatic amines is 1. The van der Waals surface area contributed by atoms with E-state index in [-0.39, 0.29) is 17.0 Å². The summed E-state index contributed by atoms with van der Waals surface area (Å²) in [6, 6.07) is -0.0494. The zero-order chi connectivity index (χ0) is 15.4. The molecule has 0 aliphatic heterocycles. The molecule has 21 heavy (non-hydrogen) atoms. The van der Waals surface area contributed by atoms with Crippen LogP contribution in [0.3, 0.4) is 0 Å². The number of carboxylic acids is 1. The van der Waals surface area contributed by atoms with Crippen molar-refractivity contribution in [1.29, 1.82) is 0 Å². The molecule has 2 heterocycles.